The van der Waals surface area contributed by atoms with Crippen molar-refractivity contribution in [1.82, 2.24) is 14.8 Å². The van der Waals surface area contributed by atoms with E-state index in [-0.39, 0.29) is 29.3 Å². The van der Waals surface area contributed by atoms with Crippen molar-refractivity contribution in [3.8, 4) is 5.75 Å². The Balaban J connectivity index is 1.57. The van der Waals surface area contributed by atoms with Crippen molar-refractivity contribution in [1.29, 1.82) is 0 Å². The molecule has 4 rings (SSSR count). The zero-order valence-corrected chi connectivity index (χ0v) is 15.8. The lowest BCUT2D eigenvalue weighted by Crippen LogP contribution is -2.58. The molecule has 0 radical (unpaired) electrons. The summed E-state index contributed by atoms with van der Waals surface area (Å²) in [5.74, 6) is 0.750. The van der Waals surface area contributed by atoms with Crippen molar-refractivity contribution in [2.24, 2.45) is 0 Å². The Morgan fingerprint density at radius 1 is 1.15 bits per heavy atom. The molecule has 0 aliphatic carbocycles. The van der Waals surface area contributed by atoms with Crippen molar-refractivity contribution in [3.63, 3.8) is 0 Å². The molecule has 0 unspecified atom stereocenters. The number of phenolic OH excluding ortho intramolecular Hbond substituents is 1. The standard InChI is InChI=1S/C19H25N3O3S/c1-2-5-21-6-7-22(19-13-26(24,25)12-18(19)21)11-14-8-15-3-4-16(23)9-17(15)20-10-14/h3-4,8-10,18-19,23H,2,5-7,11-13H2,1H3/t18-,19+/m0/s1. The number of piperazine rings is 1. The molecule has 0 saturated carbocycles. The van der Waals surface area contributed by atoms with Crippen LogP contribution in [-0.2, 0) is 16.4 Å². The molecule has 140 valence electrons. The molecule has 2 aromatic rings. The number of nitrogens with zero attached hydrogens (tertiary/aromatic N) is 3. The molecule has 1 aromatic heterocycles. The van der Waals surface area contributed by atoms with Gasteiger partial charge in [-0.15, -0.1) is 0 Å². The maximum Gasteiger partial charge on any atom is 0.153 e. The minimum atomic E-state index is -2.97. The van der Waals surface area contributed by atoms with E-state index in [4.69, 9.17) is 0 Å². The fourth-order valence-corrected chi connectivity index (χ4v) is 6.38. The van der Waals surface area contributed by atoms with Gasteiger partial charge in [-0.05, 0) is 36.7 Å². The van der Waals surface area contributed by atoms with Gasteiger partial charge in [-0.25, -0.2) is 8.42 Å². The van der Waals surface area contributed by atoms with Crippen LogP contribution in [0.3, 0.4) is 0 Å². The van der Waals surface area contributed by atoms with Crippen LogP contribution in [0.1, 0.15) is 18.9 Å². The van der Waals surface area contributed by atoms with Gasteiger partial charge in [-0.3, -0.25) is 14.8 Å². The Morgan fingerprint density at radius 2 is 1.88 bits per heavy atom. The number of pyridine rings is 1. The fourth-order valence-electron chi connectivity index (χ4n) is 4.33. The highest BCUT2D eigenvalue weighted by atomic mass is 32.2. The first-order valence-electron chi connectivity index (χ1n) is 9.21. The maximum atomic E-state index is 12.3. The van der Waals surface area contributed by atoms with Crippen LogP contribution in [0.25, 0.3) is 10.9 Å². The molecule has 2 fully saturated rings. The summed E-state index contributed by atoms with van der Waals surface area (Å²) in [6.45, 7) is 5.61. The minimum Gasteiger partial charge on any atom is -0.508 e. The van der Waals surface area contributed by atoms with Crippen LogP contribution in [-0.4, -0.2) is 71.5 Å². The molecule has 3 heterocycles. The number of sulfone groups is 1. The molecule has 2 aliphatic rings. The van der Waals surface area contributed by atoms with E-state index in [1.807, 2.05) is 12.3 Å². The van der Waals surface area contributed by atoms with Crippen molar-refractivity contribution >= 4 is 20.7 Å². The zero-order chi connectivity index (χ0) is 18.3. The topological polar surface area (TPSA) is 73.7 Å². The number of fused-ring (bicyclic) bond motifs is 2. The number of hydrogen-bond acceptors (Lipinski definition) is 6. The molecule has 2 aliphatic heterocycles. The van der Waals surface area contributed by atoms with Gasteiger partial charge in [0, 0.05) is 49.4 Å². The van der Waals surface area contributed by atoms with Crippen molar-refractivity contribution in [3.05, 3.63) is 36.0 Å². The van der Waals surface area contributed by atoms with Gasteiger partial charge in [0.2, 0.25) is 0 Å². The third-order valence-electron chi connectivity index (χ3n) is 5.53. The summed E-state index contributed by atoms with van der Waals surface area (Å²) in [6.07, 6.45) is 2.88. The monoisotopic (exact) mass is 375 g/mol. The quantitative estimate of drug-likeness (QED) is 0.876. The summed E-state index contributed by atoms with van der Waals surface area (Å²) in [5, 5.41) is 10.6. The molecular formula is C19H25N3O3S. The molecule has 2 saturated heterocycles. The predicted molar refractivity (Wildman–Crippen MR) is 102 cm³/mol. The first-order valence-corrected chi connectivity index (χ1v) is 11.0. The Bertz CT molecular complexity index is 915. The van der Waals surface area contributed by atoms with E-state index in [2.05, 4.69) is 27.8 Å². The average molecular weight is 375 g/mol. The zero-order valence-electron chi connectivity index (χ0n) is 15.0. The Labute approximate surface area is 154 Å². The normalized spacial score (nSPS) is 26.2. The van der Waals surface area contributed by atoms with Crippen LogP contribution >= 0.6 is 0 Å². The largest absolute Gasteiger partial charge is 0.508 e. The molecule has 0 amide bonds. The highest BCUT2D eigenvalue weighted by molar-refractivity contribution is 7.91. The lowest BCUT2D eigenvalue weighted by molar-refractivity contribution is 0.0405. The highest BCUT2D eigenvalue weighted by Gasteiger charge is 2.46. The van der Waals surface area contributed by atoms with E-state index in [1.165, 1.54) is 0 Å². The summed E-state index contributed by atoms with van der Waals surface area (Å²) in [4.78, 5) is 9.12. The molecule has 1 N–H and O–H groups in total. The first kappa shape index (κ1) is 17.7. The lowest BCUT2D eigenvalue weighted by Gasteiger charge is -2.44. The molecule has 1 aromatic carbocycles. The van der Waals surface area contributed by atoms with Crippen LogP contribution < -0.4 is 0 Å². The summed E-state index contributed by atoms with van der Waals surface area (Å²) < 4.78 is 24.5. The van der Waals surface area contributed by atoms with Gasteiger partial charge in [0.25, 0.3) is 0 Å². The number of aromatic hydroxyl groups is 1. The second-order valence-corrected chi connectivity index (χ2v) is 9.59. The Kier molecular flexibility index (Phi) is 4.62. The van der Waals surface area contributed by atoms with Gasteiger partial charge >= 0.3 is 0 Å². The van der Waals surface area contributed by atoms with Crippen LogP contribution in [0.4, 0.5) is 0 Å². The van der Waals surface area contributed by atoms with Crippen LogP contribution in [0.15, 0.2) is 30.5 Å². The van der Waals surface area contributed by atoms with Gasteiger partial charge < -0.3 is 5.11 Å². The average Bonchev–Trinajstić information content (AvgIpc) is 2.93. The number of phenols is 1. The number of rotatable bonds is 4. The smallest absolute Gasteiger partial charge is 0.153 e. The van der Waals surface area contributed by atoms with Gasteiger partial charge in [0.1, 0.15) is 5.75 Å². The second-order valence-electron chi connectivity index (χ2n) is 7.44. The summed E-state index contributed by atoms with van der Waals surface area (Å²) in [6, 6.07) is 7.44. The maximum absolute atomic E-state index is 12.3. The van der Waals surface area contributed by atoms with Crippen LogP contribution in [0, 0.1) is 0 Å². The Morgan fingerprint density at radius 3 is 2.65 bits per heavy atom. The molecule has 2 atom stereocenters. The van der Waals surface area contributed by atoms with Crippen molar-refractivity contribution in [2.75, 3.05) is 31.1 Å². The van der Waals surface area contributed by atoms with Gasteiger partial charge in [-0.2, -0.15) is 0 Å². The second kappa shape index (κ2) is 6.79. The van der Waals surface area contributed by atoms with Gasteiger partial charge in [0.05, 0.1) is 17.0 Å². The molecule has 0 bridgehead atoms. The number of aromatic nitrogens is 1. The van der Waals surface area contributed by atoms with E-state index < -0.39 is 9.84 Å². The SMILES string of the molecule is CCCN1CCN(Cc2cnc3cc(O)ccc3c2)[C@@H]2CS(=O)(=O)C[C@@H]21. The Hall–Kier alpha value is -1.70. The fraction of sp³-hybridized carbons (Fsp3) is 0.526. The number of benzene rings is 1. The van der Waals surface area contributed by atoms with Crippen molar-refractivity contribution < 1.29 is 13.5 Å². The van der Waals surface area contributed by atoms with E-state index in [1.54, 1.807) is 12.1 Å². The van der Waals surface area contributed by atoms with Crippen LogP contribution in [0.2, 0.25) is 0 Å². The van der Waals surface area contributed by atoms with E-state index in [0.717, 1.165) is 42.5 Å². The molecule has 0 spiro atoms. The molecule has 26 heavy (non-hydrogen) atoms. The van der Waals surface area contributed by atoms with E-state index in [9.17, 15) is 13.5 Å². The summed E-state index contributed by atoms with van der Waals surface area (Å²) in [5.41, 5.74) is 1.85. The summed E-state index contributed by atoms with van der Waals surface area (Å²) >= 11 is 0. The minimum absolute atomic E-state index is 0.0656. The molecule has 7 heteroatoms. The lowest BCUT2D eigenvalue weighted by atomic mass is 10.0. The summed E-state index contributed by atoms with van der Waals surface area (Å²) in [7, 11) is -2.97. The number of hydrogen-bond donors (Lipinski definition) is 1. The van der Waals surface area contributed by atoms with E-state index >= 15 is 0 Å². The van der Waals surface area contributed by atoms with Gasteiger partial charge in [-0.1, -0.05) is 6.92 Å². The highest BCUT2D eigenvalue weighted by Crippen LogP contribution is 2.29. The molecule has 6 nitrogen and oxygen atoms in total. The first-order chi connectivity index (χ1) is 12.4. The predicted octanol–water partition coefficient (Wildman–Crippen LogP) is 1.63. The molecular weight excluding hydrogens is 350 g/mol. The third kappa shape index (κ3) is 3.43. The van der Waals surface area contributed by atoms with E-state index in [0.29, 0.717) is 6.54 Å². The van der Waals surface area contributed by atoms with Crippen molar-refractivity contribution in [2.45, 2.75) is 32.0 Å². The van der Waals surface area contributed by atoms with Gasteiger partial charge in [0.15, 0.2) is 9.84 Å². The van der Waals surface area contributed by atoms with Crippen LogP contribution in [0.5, 0.6) is 5.75 Å². The third-order valence-corrected chi connectivity index (χ3v) is 7.23.